The predicted octanol–water partition coefficient (Wildman–Crippen LogP) is 1.60. The lowest BCUT2D eigenvalue weighted by Crippen LogP contribution is -2.36. The van der Waals surface area contributed by atoms with Crippen LogP contribution in [0.2, 0.25) is 0 Å². The smallest absolute Gasteiger partial charge is 0.317 e. The molecule has 1 atom stereocenters. The number of rotatable bonds is 2. The fourth-order valence-electron chi connectivity index (χ4n) is 1.23. The first-order chi connectivity index (χ1) is 7.00. The molecule has 1 rings (SSSR count). The monoisotopic (exact) mass is 207 g/mol. The Bertz CT molecular complexity index is 349. The van der Waals surface area contributed by atoms with E-state index in [1.54, 1.807) is 14.1 Å². The van der Waals surface area contributed by atoms with E-state index in [1.807, 2.05) is 31.2 Å². The number of nitrogens with zero attached hydrogens (tertiary/aromatic N) is 1. The molecule has 2 amide bonds. The highest BCUT2D eigenvalue weighted by Crippen LogP contribution is 2.15. The molecule has 0 bridgehead atoms. The maximum absolute atomic E-state index is 11.4. The summed E-state index contributed by atoms with van der Waals surface area (Å²) in [5.74, 6) is 0. The standard InChI is InChI=1S/C11H17N3O/c1-8(13-11(15)14(2)3)9-5-4-6-10(12)7-9/h4-8H,12H2,1-3H3,(H,13,15). The summed E-state index contributed by atoms with van der Waals surface area (Å²) >= 11 is 0. The first-order valence-corrected chi connectivity index (χ1v) is 4.84. The highest BCUT2D eigenvalue weighted by Gasteiger charge is 2.10. The molecule has 0 spiro atoms. The molecule has 0 heterocycles. The summed E-state index contributed by atoms with van der Waals surface area (Å²) in [4.78, 5) is 12.9. The van der Waals surface area contributed by atoms with E-state index in [0.717, 1.165) is 5.56 Å². The molecular weight excluding hydrogens is 190 g/mol. The number of carbonyl (C=O) groups is 1. The predicted molar refractivity (Wildman–Crippen MR) is 61.5 cm³/mol. The fourth-order valence-corrected chi connectivity index (χ4v) is 1.23. The van der Waals surface area contributed by atoms with Gasteiger partial charge in [0.05, 0.1) is 6.04 Å². The van der Waals surface area contributed by atoms with Crippen LogP contribution in [0.25, 0.3) is 0 Å². The number of amides is 2. The van der Waals surface area contributed by atoms with Crippen molar-refractivity contribution in [3.05, 3.63) is 29.8 Å². The number of nitrogens with two attached hydrogens (primary N) is 1. The van der Waals surface area contributed by atoms with Crippen LogP contribution >= 0.6 is 0 Å². The van der Waals surface area contributed by atoms with Crippen molar-refractivity contribution < 1.29 is 4.79 Å². The Labute approximate surface area is 90.1 Å². The number of hydrogen-bond donors (Lipinski definition) is 2. The summed E-state index contributed by atoms with van der Waals surface area (Å²) in [7, 11) is 3.42. The van der Waals surface area contributed by atoms with Crippen molar-refractivity contribution in [2.45, 2.75) is 13.0 Å². The van der Waals surface area contributed by atoms with E-state index >= 15 is 0 Å². The third-order valence-corrected chi connectivity index (χ3v) is 2.16. The van der Waals surface area contributed by atoms with Crippen LogP contribution in [-0.2, 0) is 0 Å². The Balaban J connectivity index is 2.69. The van der Waals surface area contributed by atoms with E-state index in [2.05, 4.69) is 5.32 Å². The third kappa shape index (κ3) is 3.16. The Hall–Kier alpha value is -1.71. The van der Waals surface area contributed by atoms with Crippen molar-refractivity contribution in [1.82, 2.24) is 10.2 Å². The van der Waals surface area contributed by atoms with E-state index in [4.69, 9.17) is 5.73 Å². The van der Waals surface area contributed by atoms with E-state index in [9.17, 15) is 4.79 Å². The molecule has 0 aliphatic carbocycles. The Morgan fingerprint density at radius 1 is 1.47 bits per heavy atom. The van der Waals surface area contributed by atoms with Crippen LogP contribution in [0.5, 0.6) is 0 Å². The van der Waals surface area contributed by atoms with Gasteiger partial charge in [-0.05, 0) is 24.6 Å². The van der Waals surface area contributed by atoms with E-state index in [-0.39, 0.29) is 12.1 Å². The SMILES string of the molecule is CC(NC(=O)N(C)C)c1cccc(N)c1. The molecule has 1 aromatic rings. The van der Waals surface area contributed by atoms with Crippen LogP contribution < -0.4 is 11.1 Å². The van der Waals surface area contributed by atoms with E-state index < -0.39 is 0 Å². The normalized spacial score (nSPS) is 11.9. The molecule has 0 fully saturated rings. The van der Waals surface area contributed by atoms with Crippen LogP contribution in [0.4, 0.5) is 10.5 Å². The molecule has 0 aliphatic heterocycles. The minimum Gasteiger partial charge on any atom is -0.399 e. The largest absolute Gasteiger partial charge is 0.399 e. The highest BCUT2D eigenvalue weighted by molar-refractivity contribution is 5.74. The van der Waals surface area contributed by atoms with Crippen LogP contribution in [0.3, 0.4) is 0 Å². The number of carbonyl (C=O) groups excluding carboxylic acids is 1. The topological polar surface area (TPSA) is 58.4 Å². The molecule has 0 aromatic heterocycles. The van der Waals surface area contributed by atoms with Crippen LogP contribution in [0.1, 0.15) is 18.5 Å². The summed E-state index contributed by atoms with van der Waals surface area (Å²) in [6.45, 7) is 1.93. The number of nitrogens with one attached hydrogen (secondary N) is 1. The first kappa shape index (κ1) is 11.4. The zero-order chi connectivity index (χ0) is 11.4. The summed E-state index contributed by atoms with van der Waals surface area (Å²) in [6, 6.07) is 7.36. The Kier molecular flexibility index (Phi) is 3.55. The number of nitrogen functional groups attached to an aromatic ring is 1. The fraction of sp³-hybridized carbons (Fsp3) is 0.364. The van der Waals surface area contributed by atoms with Crippen LogP contribution in [-0.4, -0.2) is 25.0 Å². The number of anilines is 1. The molecule has 1 unspecified atom stereocenters. The lowest BCUT2D eigenvalue weighted by atomic mass is 10.1. The van der Waals surface area contributed by atoms with E-state index in [0.29, 0.717) is 5.69 Å². The number of urea groups is 1. The summed E-state index contributed by atoms with van der Waals surface area (Å²) in [6.07, 6.45) is 0. The molecule has 0 aliphatic rings. The van der Waals surface area contributed by atoms with E-state index in [1.165, 1.54) is 4.90 Å². The zero-order valence-corrected chi connectivity index (χ0v) is 9.32. The van der Waals surface area contributed by atoms with Gasteiger partial charge in [0.1, 0.15) is 0 Å². The minimum absolute atomic E-state index is 0.0385. The molecule has 3 N–H and O–H groups in total. The van der Waals surface area contributed by atoms with Crippen molar-refractivity contribution in [2.24, 2.45) is 0 Å². The Morgan fingerprint density at radius 3 is 2.67 bits per heavy atom. The molecule has 0 saturated heterocycles. The molecular formula is C11H17N3O. The van der Waals surface area contributed by atoms with Gasteiger partial charge in [-0.2, -0.15) is 0 Å². The summed E-state index contributed by atoms with van der Waals surface area (Å²) in [5, 5.41) is 2.85. The summed E-state index contributed by atoms with van der Waals surface area (Å²) in [5.41, 5.74) is 7.38. The second-order valence-electron chi connectivity index (χ2n) is 3.74. The molecule has 0 radical (unpaired) electrons. The highest BCUT2D eigenvalue weighted by atomic mass is 16.2. The second-order valence-corrected chi connectivity index (χ2v) is 3.74. The average molecular weight is 207 g/mol. The van der Waals surface area contributed by atoms with Gasteiger partial charge in [0.15, 0.2) is 0 Å². The number of hydrogen-bond acceptors (Lipinski definition) is 2. The van der Waals surface area contributed by atoms with Crippen molar-refractivity contribution in [3.63, 3.8) is 0 Å². The maximum Gasteiger partial charge on any atom is 0.317 e. The van der Waals surface area contributed by atoms with Crippen LogP contribution in [0.15, 0.2) is 24.3 Å². The quantitative estimate of drug-likeness (QED) is 0.724. The van der Waals surface area contributed by atoms with Gasteiger partial charge < -0.3 is 16.0 Å². The van der Waals surface area contributed by atoms with Gasteiger partial charge >= 0.3 is 6.03 Å². The van der Waals surface area contributed by atoms with Crippen molar-refractivity contribution in [3.8, 4) is 0 Å². The van der Waals surface area contributed by atoms with Gasteiger partial charge in [-0.25, -0.2) is 4.79 Å². The zero-order valence-electron chi connectivity index (χ0n) is 9.32. The molecule has 4 heteroatoms. The molecule has 0 saturated carbocycles. The van der Waals surface area contributed by atoms with Gasteiger partial charge in [0.2, 0.25) is 0 Å². The Morgan fingerprint density at radius 2 is 2.13 bits per heavy atom. The van der Waals surface area contributed by atoms with Crippen molar-refractivity contribution in [1.29, 1.82) is 0 Å². The number of benzene rings is 1. The molecule has 1 aromatic carbocycles. The van der Waals surface area contributed by atoms with Gasteiger partial charge in [-0.15, -0.1) is 0 Å². The molecule has 15 heavy (non-hydrogen) atoms. The van der Waals surface area contributed by atoms with Crippen molar-refractivity contribution >= 4 is 11.7 Å². The van der Waals surface area contributed by atoms with Gasteiger partial charge in [-0.3, -0.25) is 0 Å². The van der Waals surface area contributed by atoms with Crippen LogP contribution in [0, 0.1) is 0 Å². The lowest BCUT2D eigenvalue weighted by molar-refractivity contribution is 0.214. The third-order valence-electron chi connectivity index (χ3n) is 2.16. The average Bonchev–Trinajstić information content (AvgIpc) is 2.17. The second kappa shape index (κ2) is 4.68. The first-order valence-electron chi connectivity index (χ1n) is 4.84. The molecule has 82 valence electrons. The minimum atomic E-state index is -0.107. The van der Waals surface area contributed by atoms with Gasteiger partial charge in [0.25, 0.3) is 0 Å². The lowest BCUT2D eigenvalue weighted by Gasteiger charge is -2.18. The van der Waals surface area contributed by atoms with Crippen molar-refractivity contribution in [2.75, 3.05) is 19.8 Å². The van der Waals surface area contributed by atoms with Gasteiger partial charge in [0, 0.05) is 19.8 Å². The van der Waals surface area contributed by atoms with Gasteiger partial charge in [-0.1, -0.05) is 12.1 Å². The summed E-state index contributed by atoms with van der Waals surface area (Å²) < 4.78 is 0. The molecule has 4 nitrogen and oxygen atoms in total. The maximum atomic E-state index is 11.4.